The summed E-state index contributed by atoms with van der Waals surface area (Å²) in [6.07, 6.45) is 1.56. The number of ether oxygens (including phenoxy) is 1. The first-order chi connectivity index (χ1) is 9.10. The number of aliphatic hydroxyl groups excluding tert-OH is 1. The monoisotopic (exact) mass is 338 g/mol. The van der Waals surface area contributed by atoms with Crippen molar-refractivity contribution in [3.63, 3.8) is 0 Å². The maximum atomic E-state index is 9.52. The molecule has 0 aliphatic carbocycles. The number of thioether (sulfide) groups is 1. The minimum absolute atomic E-state index is 0.480. The van der Waals surface area contributed by atoms with Gasteiger partial charge in [0.25, 0.3) is 0 Å². The fraction of sp³-hybridized carbons (Fsp3) is 0.200. The van der Waals surface area contributed by atoms with Crippen LogP contribution in [0.4, 0.5) is 0 Å². The van der Waals surface area contributed by atoms with Crippen molar-refractivity contribution in [2.24, 2.45) is 0 Å². The van der Waals surface area contributed by atoms with Gasteiger partial charge >= 0.3 is 0 Å². The third-order valence-electron chi connectivity index (χ3n) is 2.73. The van der Waals surface area contributed by atoms with Crippen LogP contribution in [0.1, 0.15) is 18.6 Å². The first-order valence-corrected chi connectivity index (χ1v) is 7.91. The molecule has 0 saturated heterocycles. The van der Waals surface area contributed by atoms with Gasteiger partial charge in [-0.2, -0.15) is 0 Å². The van der Waals surface area contributed by atoms with E-state index >= 15 is 0 Å². The van der Waals surface area contributed by atoms with Crippen LogP contribution in [-0.2, 0) is 0 Å². The summed E-state index contributed by atoms with van der Waals surface area (Å²) in [5.41, 5.74) is 0.858. The highest BCUT2D eigenvalue weighted by Crippen LogP contribution is 2.32. The van der Waals surface area contributed by atoms with Crippen molar-refractivity contribution in [2.45, 2.75) is 17.9 Å². The summed E-state index contributed by atoms with van der Waals surface area (Å²) in [4.78, 5) is 1.20. The van der Waals surface area contributed by atoms with E-state index in [9.17, 15) is 5.11 Å². The van der Waals surface area contributed by atoms with E-state index in [1.807, 2.05) is 48.7 Å². The Labute approximate surface area is 125 Å². The van der Waals surface area contributed by atoms with Crippen LogP contribution >= 0.6 is 27.7 Å². The van der Waals surface area contributed by atoms with Crippen molar-refractivity contribution in [3.8, 4) is 11.5 Å². The van der Waals surface area contributed by atoms with Gasteiger partial charge in [-0.05, 0) is 71.1 Å². The molecule has 0 heterocycles. The molecule has 0 aliphatic rings. The first-order valence-electron chi connectivity index (χ1n) is 5.89. The largest absolute Gasteiger partial charge is 0.456 e. The van der Waals surface area contributed by atoms with Gasteiger partial charge in [-0.25, -0.2) is 0 Å². The maximum absolute atomic E-state index is 9.52. The highest BCUT2D eigenvalue weighted by molar-refractivity contribution is 9.10. The summed E-state index contributed by atoms with van der Waals surface area (Å²) in [5.74, 6) is 1.53. The molecular weight excluding hydrogens is 324 g/mol. The lowest BCUT2D eigenvalue weighted by atomic mass is 10.1. The molecule has 2 aromatic rings. The van der Waals surface area contributed by atoms with E-state index in [2.05, 4.69) is 15.9 Å². The third-order valence-corrected chi connectivity index (χ3v) is 4.09. The first kappa shape index (κ1) is 14.4. The number of hydrogen-bond donors (Lipinski definition) is 1. The zero-order chi connectivity index (χ0) is 13.8. The number of halogens is 1. The quantitative estimate of drug-likeness (QED) is 0.794. The van der Waals surface area contributed by atoms with E-state index in [4.69, 9.17) is 4.74 Å². The summed E-state index contributed by atoms with van der Waals surface area (Å²) < 4.78 is 6.64. The molecule has 0 amide bonds. The van der Waals surface area contributed by atoms with Gasteiger partial charge in [-0.1, -0.05) is 6.07 Å². The van der Waals surface area contributed by atoms with Gasteiger partial charge in [-0.15, -0.1) is 11.8 Å². The van der Waals surface area contributed by atoms with E-state index in [1.54, 1.807) is 18.7 Å². The molecule has 2 rings (SSSR count). The normalized spacial score (nSPS) is 12.2. The molecule has 0 aliphatic heterocycles. The molecule has 19 heavy (non-hydrogen) atoms. The van der Waals surface area contributed by atoms with Crippen molar-refractivity contribution in [2.75, 3.05) is 6.26 Å². The van der Waals surface area contributed by atoms with Gasteiger partial charge in [0.15, 0.2) is 0 Å². The highest BCUT2D eigenvalue weighted by atomic mass is 79.9. The number of aliphatic hydroxyl groups is 1. The summed E-state index contributed by atoms with van der Waals surface area (Å²) in [7, 11) is 0. The molecule has 0 radical (unpaired) electrons. The Morgan fingerprint density at radius 3 is 2.37 bits per heavy atom. The van der Waals surface area contributed by atoms with Crippen molar-refractivity contribution in [1.82, 2.24) is 0 Å². The molecular formula is C15H15BrO2S. The second kappa shape index (κ2) is 6.46. The Hall–Kier alpha value is -0.970. The molecule has 1 N–H and O–H groups in total. The molecule has 0 fully saturated rings. The van der Waals surface area contributed by atoms with Crippen molar-refractivity contribution < 1.29 is 9.84 Å². The Bertz CT molecular complexity index is 553. The van der Waals surface area contributed by atoms with Crippen molar-refractivity contribution >= 4 is 27.7 Å². The van der Waals surface area contributed by atoms with E-state index in [0.717, 1.165) is 21.5 Å². The molecule has 2 nitrogen and oxygen atoms in total. The average molecular weight is 339 g/mol. The smallest absolute Gasteiger partial charge is 0.141 e. The SMILES string of the molecule is CSc1ccc(Oc2ccc([C@@H](C)O)cc2Br)cc1. The van der Waals surface area contributed by atoms with Crippen molar-refractivity contribution in [1.29, 1.82) is 0 Å². The standard InChI is InChI=1S/C15H15BrO2S/c1-10(17)11-3-8-15(14(16)9-11)18-12-4-6-13(19-2)7-5-12/h3-10,17H,1-2H3/t10-/m1/s1. The Morgan fingerprint density at radius 1 is 1.16 bits per heavy atom. The van der Waals surface area contributed by atoms with Crippen LogP contribution in [0, 0.1) is 0 Å². The second-order valence-electron chi connectivity index (χ2n) is 4.14. The predicted octanol–water partition coefficient (Wildman–Crippen LogP) is 5.02. The molecule has 0 saturated carbocycles. The molecule has 4 heteroatoms. The van der Waals surface area contributed by atoms with E-state index in [-0.39, 0.29) is 0 Å². The minimum Gasteiger partial charge on any atom is -0.456 e. The van der Waals surface area contributed by atoms with Gasteiger partial charge in [-0.3, -0.25) is 0 Å². The Balaban J connectivity index is 2.18. The fourth-order valence-electron chi connectivity index (χ4n) is 1.63. The van der Waals surface area contributed by atoms with Crippen LogP contribution in [0.15, 0.2) is 51.8 Å². The third kappa shape index (κ3) is 3.75. The van der Waals surface area contributed by atoms with Crippen LogP contribution < -0.4 is 4.74 Å². The molecule has 0 spiro atoms. The van der Waals surface area contributed by atoms with Crippen LogP contribution in [0.3, 0.4) is 0 Å². The van der Waals surface area contributed by atoms with Crippen LogP contribution in [0.25, 0.3) is 0 Å². The summed E-state index contributed by atoms with van der Waals surface area (Å²) >= 11 is 5.16. The molecule has 2 aromatic carbocycles. The zero-order valence-electron chi connectivity index (χ0n) is 10.8. The number of hydrogen-bond acceptors (Lipinski definition) is 3. The Morgan fingerprint density at radius 2 is 1.84 bits per heavy atom. The van der Waals surface area contributed by atoms with Crippen molar-refractivity contribution in [3.05, 3.63) is 52.5 Å². The van der Waals surface area contributed by atoms with Gasteiger partial charge in [0.1, 0.15) is 11.5 Å². The lowest BCUT2D eigenvalue weighted by Gasteiger charge is -2.11. The highest BCUT2D eigenvalue weighted by Gasteiger charge is 2.07. The number of benzene rings is 2. The average Bonchev–Trinajstić information content (AvgIpc) is 2.41. The van der Waals surface area contributed by atoms with E-state index < -0.39 is 6.10 Å². The topological polar surface area (TPSA) is 29.5 Å². The lowest BCUT2D eigenvalue weighted by Crippen LogP contribution is -1.92. The molecule has 1 atom stereocenters. The van der Waals surface area contributed by atoms with Crippen LogP contribution in [-0.4, -0.2) is 11.4 Å². The van der Waals surface area contributed by atoms with Gasteiger partial charge in [0, 0.05) is 4.90 Å². The minimum atomic E-state index is -0.480. The number of rotatable bonds is 4. The molecule has 0 bridgehead atoms. The zero-order valence-corrected chi connectivity index (χ0v) is 13.2. The molecule has 0 unspecified atom stereocenters. The summed E-state index contributed by atoms with van der Waals surface area (Å²) in [6.45, 7) is 1.74. The van der Waals surface area contributed by atoms with Gasteiger partial charge in [0.05, 0.1) is 10.6 Å². The Kier molecular flexibility index (Phi) is 4.91. The summed E-state index contributed by atoms with van der Waals surface area (Å²) in [6, 6.07) is 13.5. The van der Waals surface area contributed by atoms with Gasteiger partial charge < -0.3 is 9.84 Å². The fourth-order valence-corrected chi connectivity index (χ4v) is 2.52. The van der Waals surface area contributed by atoms with Gasteiger partial charge in [0.2, 0.25) is 0 Å². The summed E-state index contributed by atoms with van der Waals surface area (Å²) in [5, 5.41) is 9.52. The molecule has 0 aromatic heterocycles. The maximum Gasteiger partial charge on any atom is 0.141 e. The second-order valence-corrected chi connectivity index (χ2v) is 5.88. The van der Waals surface area contributed by atoms with E-state index in [1.165, 1.54) is 4.90 Å². The van der Waals surface area contributed by atoms with E-state index in [0.29, 0.717) is 0 Å². The molecule has 100 valence electrons. The lowest BCUT2D eigenvalue weighted by molar-refractivity contribution is 0.199. The van der Waals surface area contributed by atoms with Crippen LogP contribution in [0.5, 0.6) is 11.5 Å². The van der Waals surface area contributed by atoms with Crippen LogP contribution in [0.2, 0.25) is 0 Å². The predicted molar refractivity (Wildman–Crippen MR) is 83.1 cm³/mol.